The van der Waals surface area contributed by atoms with Gasteiger partial charge in [0.2, 0.25) is 5.89 Å². The van der Waals surface area contributed by atoms with E-state index in [1.165, 1.54) is 0 Å². The number of amides is 1. The second kappa shape index (κ2) is 6.00. The number of piperazine rings is 1. The molecule has 1 atom stereocenters. The molecule has 2 aromatic heterocycles. The number of nitrogens with one attached hydrogen (secondary N) is 1. The van der Waals surface area contributed by atoms with Crippen molar-refractivity contribution in [1.82, 2.24) is 24.9 Å². The van der Waals surface area contributed by atoms with Gasteiger partial charge in [0.25, 0.3) is 5.91 Å². The average molecular weight is 339 g/mol. The monoisotopic (exact) mass is 339 g/mol. The van der Waals surface area contributed by atoms with Crippen LogP contribution in [0, 0.1) is 13.8 Å². The molecule has 1 aromatic carbocycles. The zero-order valence-electron chi connectivity index (χ0n) is 14.6. The molecule has 7 heteroatoms. The van der Waals surface area contributed by atoms with Crippen LogP contribution in [0.2, 0.25) is 0 Å². The van der Waals surface area contributed by atoms with Gasteiger partial charge >= 0.3 is 0 Å². The van der Waals surface area contributed by atoms with E-state index in [4.69, 9.17) is 4.52 Å². The zero-order valence-corrected chi connectivity index (χ0v) is 14.6. The largest absolute Gasteiger partial charge is 0.358 e. The quantitative estimate of drug-likeness (QED) is 0.775. The van der Waals surface area contributed by atoms with Gasteiger partial charge in [-0.25, -0.2) is 0 Å². The minimum Gasteiger partial charge on any atom is -0.358 e. The van der Waals surface area contributed by atoms with Crippen molar-refractivity contribution >= 4 is 16.8 Å². The average Bonchev–Trinajstić information content (AvgIpc) is 3.17. The first kappa shape index (κ1) is 15.8. The summed E-state index contributed by atoms with van der Waals surface area (Å²) >= 11 is 0. The number of likely N-dealkylation sites (N-methyl/N-ethyl adjacent to an activating group) is 1. The summed E-state index contributed by atoms with van der Waals surface area (Å²) in [6.45, 7) is 5.73. The molecular formula is C18H21N5O2. The molecule has 0 saturated carbocycles. The number of aryl methyl sites for hydroxylation is 2. The SMILES string of the molecule is Cc1noc([C@H]2CN(C(=O)c3c(C)[nH]c4ccccc34)CCN2C)n1. The van der Waals surface area contributed by atoms with Crippen LogP contribution in [0.3, 0.4) is 0 Å². The van der Waals surface area contributed by atoms with Crippen LogP contribution in [0.15, 0.2) is 28.8 Å². The van der Waals surface area contributed by atoms with E-state index < -0.39 is 0 Å². The number of benzene rings is 1. The number of carbonyl (C=O) groups excluding carboxylic acids is 1. The van der Waals surface area contributed by atoms with E-state index in [-0.39, 0.29) is 11.9 Å². The molecule has 1 aliphatic rings. The van der Waals surface area contributed by atoms with Crippen LogP contribution in [0.1, 0.15) is 33.8 Å². The maximum atomic E-state index is 13.2. The third-order valence-electron chi connectivity index (χ3n) is 4.87. The van der Waals surface area contributed by atoms with Crippen LogP contribution in [0.5, 0.6) is 0 Å². The Labute approximate surface area is 145 Å². The molecule has 0 radical (unpaired) electrons. The molecule has 4 rings (SSSR count). The van der Waals surface area contributed by atoms with Gasteiger partial charge in [-0.15, -0.1) is 0 Å². The molecule has 0 aliphatic carbocycles. The highest BCUT2D eigenvalue weighted by molar-refractivity contribution is 6.08. The van der Waals surface area contributed by atoms with Crippen LogP contribution < -0.4 is 0 Å². The first-order chi connectivity index (χ1) is 12.0. The Morgan fingerprint density at radius 1 is 1.28 bits per heavy atom. The molecule has 0 bridgehead atoms. The lowest BCUT2D eigenvalue weighted by Gasteiger charge is -2.37. The standard InChI is InChI=1S/C18H21N5O2/c1-11-16(13-6-4-5-7-14(13)19-11)18(24)23-9-8-22(3)15(10-23)17-20-12(2)21-25-17/h4-7,15,19H,8-10H2,1-3H3/t15-/m1/s1. The minimum absolute atomic E-state index is 0.0456. The van der Waals surface area contributed by atoms with E-state index in [1.54, 1.807) is 6.92 Å². The van der Waals surface area contributed by atoms with Crippen molar-refractivity contribution in [3.63, 3.8) is 0 Å². The van der Waals surface area contributed by atoms with Crippen molar-refractivity contribution in [2.75, 3.05) is 26.7 Å². The van der Waals surface area contributed by atoms with Crippen LogP contribution in [0.4, 0.5) is 0 Å². The lowest BCUT2D eigenvalue weighted by atomic mass is 10.1. The first-order valence-electron chi connectivity index (χ1n) is 8.41. The summed E-state index contributed by atoms with van der Waals surface area (Å²) in [4.78, 5) is 24.9. The van der Waals surface area contributed by atoms with Crippen molar-refractivity contribution in [1.29, 1.82) is 0 Å². The third kappa shape index (κ3) is 2.70. The summed E-state index contributed by atoms with van der Waals surface area (Å²) in [6.07, 6.45) is 0. The first-order valence-corrected chi connectivity index (χ1v) is 8.41. The smallest absolute Gasteiger partial charge is 0.256 e. The summed E-state index contributed by atoms with van der Waals surface area (Å²) in [6, 6.07) is 7.83. The highest BCUT2D eigenvalue weighted by Crippen LogP contribution is 2.27. The van der Waals surface area contributed by atoms with Crippen LogP contribution in [-0.4, -0.2) is 57.5 Å². The number of H-pyrrole nitrogens is 1. The summed E-state index contributed by atoms with van der Waals surface area (Å²) in [5.41, 5.74) is 2.64. The Kier molecular flexibility index (Phi) is 3.80. The van der Waals surface area contributed by atoms with Crippen molar-refractivity contribution in [2.24, 2.45) is 0 Å². The lowest BCUT2D eigenvalue weighted by molar-refractivity contribution is 0.0490. The maximum absolute atomic E-state index is 13.2. The van der Waals surface area contributed by atoms with E-state index in [1.807, 2.05) is 43.1 Å². The number of aromatic amines is 1. The molecule has 0 unspecified atom stereocenters. The van der Waals surface area contributed by atoms with Crippen molar-refractivity contribution < 1.29 is 9.32 Å². The molecule has 1 amide bonds. The second-order valence-corrected chi connectivity index (χ2v) is 6.60. The molecule has 25 heavy (non-hydrogen) atoms. The van der Waals surface area contributed by atoms with Gasteiger partial charge in [-0.05, 0) is 27.0 Å². The Hall–Kier alpha value is -2.67. The van der Waals surface area contributed by atoms with Crippen LogP contribution in [-0.2, 0) is 0 Å². The number of rotatable bonds is 2. The molecule has 130 valence electrons. The molecule has 1 N–H and O–H groups in total. The van der Waals surface area contributed by atoms with Gasteiger partial charge in [-0.1, -0.05) is 23.4 Å². The molecular weight excluding hydrogens is 318 g/mol. The summed E-state index contributed by atoms with van der Waals surface area (Å²) in [5.74, 6) is 1.22. The van der Waals surface area contributed by atoms with E-state index in [0.29, 0.717) is 24.8 Å². The van der Waals surface area contributed by atoms with Gasteiger partial charge in [0.15, 0.2) is 5.82 Å². The third-order valence-corrected chi connectivity index (χ3v) is 4.87. The van der Waals surface area contributed by atoms with Gasteiger partial charge < -0.3 is 14.4 Å². The van der Waals surface area contributed by atoms with Gasteiger partial charge in [0.05, 0.1) is 5.56 Å². The van der Waals surface area contributed by atoms with Gasteiger partial charge in [0.1, 0.15) is 6.04 Å². The maximum Gasteiger partial charge on any atom is 0.256 e. The fourth-order valence-corrected chi connectivity index (χ4v) is 3.48. The number of hydrogen-bond acceptors (Lipinski definition) is 5. The number of carbonyl (C=O) groups is 1. The van der Waals surface area contributed by atoms with Crippen LogP contribution in [0.25, 0.3) is 10.9 Å². The summed E-state index contributed by atoms with van der Waals surface area (Å²) in [7, 11) is 2.02. The predicted molar refractivity (Wildman–Crippen MR) is 93.3 cm³/mol. The molecule has 0 spiro atoms. The Morgan fingerprint density at radius 3 is 2.84 bits per heavy atom. The van der Waals surface area contributed by atoms with Crippen molar-refractivity contribution in [3.05, 3.63) is 47.2 Å². The molecule has 3 aromatic rings. The number of para-hydroxylation sites is 1. The van der Waals surface area contributed by atoms with Gasteiger partial charge in [-0.3, -0.25) is 9.69 Å². The fourth-order valence-electron chi connectivity index (χ4n) is 3.48. The topological polar surface area (TPSA) is 78.3 Å². The van der Waals surface area contributed by atoms with E-state index >= 15 is 0 Å². The van der Waals surface area contributed by atoms with E-state index in [9.17, 15) is 4.79 Å². The van der Waals surface area contributed by atoms with E-state index in [0.717, 1.165) is 28.7 Å². The Balaban J connectivity index is 1.64. The van der Waals surface area contributed by atoms with Gasteiger partial charge in [0, 0.05) is 36.2 Å². The number of hydrogen-bond donors (Lipinski definition) is 1. The van der Waals surface area contributed by atoms with Crippen molar-refractivity contribution in [3.8, 4) is 0 Å². The normalized spacial score (nSPS) is 18.8. The Bertz CT molecular complexity index is 929. The molecule has 7 nitrogen and oxygen atoms in total. The highest BCUT2D eigenvalue weighted by Gasteiger charge is 2.33. The van der Waals surface area contributed by atoms with Crippen molar-refractivity contribution in [2.45, 2.75) is 19.9 Å². The predicted octanol–water partition coefficient (Wildman–Crippen LogP) is 2.30. The molecule has 1 aliphatic heterocycles. The summed E-state index contributed by atoms with van der Waals surface area (Å²) in [5, 5.41) is 4.85. The number of nitrogens with zero attached hydrogens (tertiary/aromatic N) is 4. The zero-order chi connectivity index (χ0) is 17.6. The number of aromatic nitrogens is 3. The lowest BCUT2D eigenvalue weighted by Crippen LogP contribution is -2.49. The summed E-state index contributed by atoms with van der Waals surface area (Å²) < 4.78 is 5.34. The molecule has 1 fully saturated rings. The Morgan fingerprint density at radius 2 is 2.08 bits per heavy atom. The molecule has 1 saturated heterocycles. The highest BCUT2D eigenvalue weighted by atomic mass is 16.5. The van der Waals surface area contributed by atoms with Crippen LogP contribution >= 0.6 is 0 Å². The van der Waals surface area contributed by atoms with E-state index in [2.05, 4.69) is 20.0 Å². The molecule has 3 heterocycles. The fraction of sp³-hybridized carbons (Fsp3) is 0.389. The van der Waals surface area contributed by atoms with Gasteiger partial charge in [-0.2, -0.15) is 4.98 Å². The second-order valence-electron chi connectivity index (χ2n) is 6.60. The minimum atomic E-state index is -0.0792. The number of fused-ring (bicyclic) bond motifs is 1.